The number of sulfone groups is 1. The van der Waals surface area contributed by atoms with Crippen LogP contribution in [0, 0.1) is 5.92 Å². The number of rotatable bonds is 10. The first-order chi connectivity index (χ1) is 18.1. The summed E-state index contributed by atoms with van der Waals surface area (Å²) in [5.41, 5.74) is 3.28. The number of aliphatic hydroxyl groups is 1. The summed E-state index contributed by atoms with van der Waals surface area (Å²) >= 11 is 0. The SMILES string of the molecule is CCS(=O)(=O)c1ccc([C@H](CO)NCc2ccc(N3CCC(Cc4ccc(C(F)(F)F)cc4)C3)cc2)cc1. The zero-order chi connectivity index (χ0) is 27.3. The summed E-state index contributed by atoms with van der Waals surface area (Å²) < 4.78 is 62.4. The lowest BCUT2D eigenvalue weighted by Crippen LogP contribution is -2.24. The number of alkyl halides is 3. The van der Waals surface area contributed by atoms with E-state index in [0.717, 1.165) is 60.4 Å². The highest BCUT2D eigenvalue weighted by atomic mass is 32.2. The van der Waals surface area contributed by atoms with E-state index in [2.05, 4.69) is 22.3 Å². The van der Waals surface area contributed by atoms with Crippen molar-refractivity contribution in [2.45, 2.75) is 43.4 Å². The van der Waals surface area contributed by atoms with Crippen LogP contribution in [0.2, 0.25) is 0 Å². The van der Waals surface area contributed by atoms with Gasteiger partial charge in [0, 0.05) is 25.3 Å². The summed E-state index contributed by atoms with van der Waals surface area (Å²) in [4.78, 5) is 2.58. The van der Waals surface area contributed by atoms with E-state index in [1.54, 1.807) is 43.3 Å². The number of benzene rings is 3. The van der Waals surface area contributed by atoms with Crippen molar-refractivity contribution in [1.82, 2.24) is 5.32 Å². The first-order valence-electron chi connectivity index (χ1n) is 12.8. The zero-order valence-corrected chi connectivity index (χ0v) is 22.1. The predicted octanol–water partition coefficient (Wildman–Crippen LogP) is 5.39. The molecule has 0 amide bonds. The highest BCUT2D eigenvalue weighted by molar-refractivity contribution is 7.91. The van der Waals surface area contributed by atoms with Gasteiger partial charge in [-0.3, -0.25) is 0 Å². The first-order valence-corrected chi connectivity index (χ1v) is 14.4. The summed E-state index contributed by atoms with van der Waals surface area (Å²) in [6.45, 7) is 3.79. The van der Waals surface area contributed by atoms with Crippen LogP contribution in [0.1, 0.15) is 41.6 Å². The Labute approximate surface area is 222 Å². The molecule has 0 bridgehead atoms. The van der Waals surface area contributed by atoms with Crippen LogP contribution in [0.25, 0.3) is 0 Å². The molecule has 2 atom stereocenters. The fraction of sp³-hybridized carbons (Fsp3) is 0.379. The van der Waals surface area contributed by atoms with Gasteiger partial charge in [0.2, 0.25) is 0 Å². The number of anilines is 1. The number of nitrogens with zero attached hydrogens (tertiary/aromatic N) is 1. The minimum Gasteiger partial charge on any atom is -0.394 e. The monoisotopic (exact) mass is 546 g/mol. The van der Waals surface area contributed by atoms with Crippen molar-refractivity contribution in [3.05, 3.63) is 95.1 Å². The minimum atomic E-state index is -4.31. The molecule has 1 aliphatic heterocycles. The second kappa shape index (κ2) is 11.9. The summed E-state index contributed by atoms with van der Waals surface area (Å²) in [7, 11) is -3.26. The van der Waals surface area contributed by atoms with Gasteiger partial charge >= 0.3 is 6.18 Å². The normalized spacial score (nSPS) is 17.1. The maximum absolute atomic E-state index is 12.8. The maximum Gasteiger partial charge on any atom is 0.416 e. The smallest absolute Gasteiger partial charge is 0.394 e. The summed E-state index contributed by atoms with van der Waals surface area (Å²) in [6.07, 6.45) is -2.57. The van der Waals surface area contributed by atoms with Crippen LogP contribution in [0.5, 0.6) is 0 Å². The van der Waals surface area contributed by atoms with Gasteiger partial charge in [-0.25, -0.2) is 8.42 Å². The second-order valence-corrected chi connectivity index (χ2v) is 12.0. The maximum atomic E-state index is 12.8. The quantitative estimate of drug-likeness (QED) is 0.357. The lowest BCUT2D eigenvalue weighted by atomic mass is 9.98. The van der Waals surface area contributed by atoms with E-state index < -0.39 is 21.6 Å². The van der Waals surface area contributed by atoms with Crippen LogP contribution in [0.15, 0.2) is 77.7 Å². The van der Waals surface area contributed by atoms with Gasteiger partial charge in [0.15, 0.2) is 9.84 Å². The molecule has 38 heavy (non-hydrogen) atoms. The number of aliphatic hydroxyl groups excluding tert-OH is 1. The molecule has 9 heteroatoms. The van der Waals surface area contributed by atoms with Crippen molar-refractivity contribution in [3.8, 4) is 0 Å². The molecule has 5 nitrogen and oxygen atoms in total. The standard InChI is InChI=1S/C29H33F3N2O3S/c1-2-38(36,37)27-13-7-24(8-14-27)28(20-35)33-18-22-5-11-26(12-6-22)34-16-15-23(19-34)17-21-3-9-25(10-4-21)29(30,31)32/h3-14,23,28,33,35H,2,15-20H2,1H3/t23?,28-/m0/s1. The van der Waals surface area contributed by atoms with E-state index in [1.807, 2.05) is 12.1 Å². The summed E-state index contributed by atoms with van der Waals surface area (Å²) in [6, 6.07) is 20.0. The van der Waals surface area contributed by atoms with Crippen molar-refractivity contribution < 1.29 is 26.7 Å². The van der Waals surface area contributed by atoms with Crippen molar-refractivity contribution in [2.24, 2.45) is 5.92 Å². The number of nitrogens with one attached hydrogen (secondary N) is 1. The Morgan fingerprint density at radius 1 is 0.974 bits per heavy atom. The van der Waals surface area contributed by atoms with E-state index in [9.17, 15) is 26.7 Å². The van der Waals surface area contributed by atoms with Gasteiger partial charge in [0.1, 0.15) is 0 Å². The molecule has 4 rings (SSSR count). The zero-order valence-electron chi connectivity index (χ0n) is 21.3. The van der Waals surface area contributed by atoms with E-state index in [-0.39, 0.29) is 23.3 Å². The Bertz CT molecular complexity index is 1290. The van der Waals surface area contributed by atoms with Gasteiger partial charge < -0.3 is 15.3 Å². The molecule has 3 aromatic rings. The average molecular weight is 547 g/mol. The third-order valence-electron chi connectivity index (χ3n) is 7.15. The first kappa shape index (κ1) is 28.1. The lowest BCUT2D eigenvalue weighted by Gasteiger charge is -2.20. The highest BCUT2D eigenvalue weighted by Crippen LogP contribution is 2.31. The van der Waals surface area contributed by atoms with Crippen LogP contribution in [-0.2, 0) is 29.0 Å². The highest BCUT2D eigenvalue weighted by Gasteiger charge is 2.30. The fourth-order valence-electron chi connectivity index (χ4n) is 4.82. The molecule has 1 heterocycles. The number of hydrogen-bond acceptors (Lipinski definition) is 5. The second-order valence-electron chi connectivity index (χ2n) is 9.75. The molecule has 2 N–H and O–H groups in total. The molecule has 0 aliphatic carbocycles. The minimum absolute atomic E-state index is 0.0429. The molecule has 0 spiro atoms. The Morgan fingerprint density at radius 2 is 1.61 bits per heavy atom. The Hall–Kier alpha value is -2.88. The Balaban J connectivity index is 1.29. The molecular formula is C29H33F3N2O3S. The summed E-state index contributed by atoms with van der Waals surface area (Å²) in [5, 5.41) is 13.2. The van der Waals surface area contributed by atoms with Crippen molar-refractivity contribution in [3.63, 3.8) is 0 Å². The molecule has 1 unspecified atom stereocenters. The Morgan fingerprint density at radius 3 is 2.18 bits per heavy atom. The number of halogens is 3. The van der Waals surface area contributed by atoms with E-state index in [4.69, 9.17) is 0 Å². The third-order valence-corrected chi connectivity index (χ3v) is 8.90. The van der Waals surface area contributed by atoms with Gasteiger partial charge in [-0.2, -0.15) is 13.2 Å². The van der Waals surface area contributed by atoms with Crippen LogP contribution in [-0.4, -0.2) is 39.0 Å². The molecule has 1 saturated heterocycles. The van der Waals surface area contributed by atoms with E-state index in [1.165, 1.54) is 0 Å². The van der Waals surface area contributed by atoms with Crippen molar-refractivity contribution in [2.75, 3.05) is 30.3 Å². The van der Waals surface area contributed by atoms with Gasteiger partial charge in [0.05, 0.1) is 28.9 Å². The van der Waals surface area contributed by atoms with Gasteiger partial charge in [-0.15, -0.1) is 0 Å². The third kappa shape index (κ3) is 6.95. The average Bonchev–Trinajstić information content (AvgIpc) is 3.38. The molecular weight excluding hydrogens is 513 g/mol. The molecule has 3 aromatic carbocycles. The van der Waals surface area contributed by atoms with Crippen LogP contribution in [0.4, 0.5) is 18.9 Å². The van der Waals surface area contributed by atoms with Gasteiger partial charge in [0.25, 0.3) is 0 Å². The molecule has 0 radical (unpaired) electrons. The van der Waals surface area contributed by atoms with Crippen molar-refractivity contribution in [1.29, 1.82) is 0 Å². The largest absolute Gasteiger partial charge is 0.416 e. The Kier molecular flexibility index (Phi) is 8.80. The number of hydrogen-bond donors (Lipinski definition) is 2. The topological polar surface area (TPSA) is 69.6 Å². The molecule has 1 fully saturated rings. The molecule has 1 aliphatic rings. The van der Waals surface area contributed by atoms with Crippen LogP contribution in [0.3, 0.4) is 0 Å². The lowest BCUT2D eigenvalue weighted by molar-refractivity contribution is -0.137. The van der Waals surface area contributed by atoms with E-state index in [0.29, 0.717) is 12.5 Å². The summed E-state index contributed by atoms with van der Waals surface area (Å²) in [5.74, 6) is 0.429. The van der Waals surface area contributed by atoms with Crippen LogP contribution >= 0.6 is 0 Å². The van der Waals surface area contributed by atoms with Gasteiger partial charge in [-0.05, 0) is 71.8 Å². The van der Waals surface area contributed by atoms with Gasteiger partial charge in [-0.1, -0.05) is 43.3 Å². The van der Waals surface area contributed by atoms with Crippen molar-refractivity contribution >= 4 is 15.5 Å². The fourth-order valence-corrected chi connectivity index (χ4v) is 5.71. The van der Waals surface area contributed by atoms with E-state index >= 15 is 0 Å². The molecule has 0 aromatic heterocycles. The molecule has 0 saturated carbocycles. The molecule has 204 valence electrons. The predicted molar refractivity (Wildman–Crippen MR) is 143 cm³/mol. The van der Waals surface area contributed by atoms with Crippen LogP contribution < -0.4 is 10.2 Å².